The van der Waals surface area contributed by atoms with Gasteiger partial charge in [0.15, 0.2) is 0 Å². The number of hydrazone groups is 1. The molecule has 2 aromatic carbocycles. The first-order valence-electron chi connectivity index (χ1n) is 7.78. The Morgan fingerprint density at radius 2 is 2.00 bits per heavy atom. The van der Waals surface area contributed by atoms with Crippen molar-refractivity contribution in [3.63, 3.8) is 0 Å². The quantitative estimate of drug-likeness (QED) is 0.425. The summed E-state index contributed by atoms with van der Waals surface area (Å²) in [4.78, 5) is 23.7. The number of halogens is 1. The average Bonchev–Trinajstić information content (AvgIpc) is 2.65. The lowest BCUT2D eigenvalue weighted by molar-refractivity contribution is -0.120. The molecular formula is C19H18ClN3O3. The number of nitrogens with one attached hydrogen (secondary N) is 2. The van der Waals surface area contributed by atoms with Crippen molar-refractivity contribution in [1.29, 1.82) is 0 Å². The molecule has 0 saturated carbocycles. The summed E-state index contributed by atoms with van der Waals surface area (Å²) < 4.78 is 5.41. The van der Waals surface area contributed by atoms with Gasteiger partial charge in [0.1, 0.15) is 12.4 Å². The van der Waals surface area contributed by atoms with E-state index in [1.54, 1.807) is 36.4 Å². The van der Waals surface area contributed by atoms with E-state index in [0.29, 0.717) is 22.9 Å². The van der Waals surface area contributed by atoms with Gasteiger partial charge in [-0.2, -0.15) is 5.10 Å². The van der Waals surface area contributed by atoms with Crippen molar-refractivity contribution >= 4 is 29.6 Å². The van der Waals surface area contributed by atoms with Crippen molar-refractivity contribution in [2.75, 3.05) is 13.2 Å². The molecule has 0 bridgehead atoms. The molecule has 0 spiro atoms. The van der Waals surface area contributed by atoms with Crippen LogP contribution in [0.25, 0.3) is 0 Å². The number of rotatable bonds is 8. The largest absolute Gasteiger partial charge is 0.490 e. The number of carbonyl (C=O) groups is 2. The lowest BCUT2D eigenvalue weighted by Gasteiger charge is -2.05. The van der Waals surface area contributed by atoms with Crippen LogP contribution in [0.2, 0.25) is 5.02 Å². The standard InChI is InChI=1S/C19H18ClN3O3/c1-2-10-26-15-7-5-6-14(11-15)12-22-23-18(24)13-21-19(25)16-8-3-4-9-17(16)20/h2-9,11-12H,1,10,13H2,(H,21,25)(H,23,24). The van der Waals surface area contributed by atoms with E-state index in [-0.39, 0.29) is 6.54 Å². The first-order valence-corrected chi connectivity index (χ1v) is 8.16. The van der Waals surface area contributed by atoms with E-state index in [2.05, 4.69) is 22.4 Å². The van der Waals surface area contributed by atoms with Crippen LogP contribution in [-0.2, 0) is 4.79 Å². The molecular weight excluding hydrogens is 354 g/mol. The Morgan fingerprint density at radius 1 is 1.19 bits per heavy atom. The van der Waals surface area contributed by atoms with Gasteiger partial charge in [-0.15, -0.1) is 0 Å². The number of ether oxygens (including phenoxy) is 1. The van der Waals surface area contributed by atoms with E-state index in [1.165, 1.54) is 6.21 Å². The molecule has 0 unspecified atom stereocenters. The van der Waals surface area contributed by atoms with Crippen LogP contribution < -0.4 is 15.5 Å². The molecule has 134 valence electrons. The summed E-state index contributed by atoms with van der Waals surface area (Å²) in [5, 5.41) is 6.66. The second-order valence-electron chi connectivity index (χ2n) is 5.13. The van der Waals surface area contributed by atoms with E-state index in [0.717, 1.165) is 5.56 Å². The topological polar surface area (TPSA) is 79.8 Å². The Labute approximate surface area is 156 Å². The molecule has 2 N–H and O–H groups in total. The Bertz CT molecular complexity index is 821. The third kappa shape index (κ3) is 6.07. The van der Waals surface area contributed by atoms with Crippen LogP contribution >= 0.6 is 11.6 Å². The molecule has 26 heavy (non-hydrogen) atoms. The molecule has 7 heteroatoms. The van der Waals surface area contributed by atoms with Gasteiger partial charge in [-0.05, 0) is 29.8 Å². The highest BCUT2D eigenvalue weighted by Gasteiger charge is 2.10. The van der Waals surface area contributed by atoms with Gasteiger partial charge in [-0.25, -0.2) is 5.43 Å². The van der Waals surface area contributed by atoms with E-state index in [1.807, 2.05) is 18.2 Å². The SMILES string of the molecule is C=CCOc1cccc(C=NNC(=O)CNC(=O)c2ccccc2Cl)c1. The monoisotopic (exact) mass is 371 g/mol. The molecule has 2 rings (SSSR count). The molecule has 6 nitrogen and oxygen atoms in total. The molecule has 0 aliphatic rings. The predicted octanol–water partition coefficient (Wildman–Crippen LogP) is 2.78. The first-order chi connectivity index (χ1) is 12.6. The van der Waals surface area contributed by atoms with Crippen molar-refractivity contribution in [3.05, 3.63) is 77.3 Å². The van der Waals surface area contributed by atoms with Crippen LogP contribution in [0.15, 0.2) is 66.3 Å². The zero-order valence-corrected chi connectivity index (χ0v) is 14.7. The average molecular weight is 372 g/mol. The number of hydrogen-bond donors (Lipinski definition) is 2. The summed E-state index contributed by atoms with van der Waals surface area (Å²) in [6, 6.07) is 13.8. The molecule has 0 saturated heterocycles. The Hall–Kier alpha value is -3.12. The van der Waals surface area contributed by atoms with Crippen molar-refractivity contribution < 1.29 is 14.3 Å². The van der Waals surface area contributed by atoms with E-state index in [4.69, 9.17) is 16.3 Å². The number of hydrogen-bond acceptors (Lipinski definition) is 4. The molecule has 0 heterocycles. The maximum atomic E-state index is 12.0. The lowest BCUT2D eigenvalue weighted by atomic mass is 10.2. The Morgan fingerprint density at radius 3 is 2.77 bits per heavy atom. The normalized spacial score (nSPS) is 10.3. The van der Waals surface area contributed by atoms with Gasteiger partial charge >= 0.3 is 0 Å². The zero-order valence-electron chi connectivity index (χ0n) is 13.9. The molecule has 0 aromatic heterocycles. The summed E-state index contributed by atoms with van der Waals surface area (Å²) in [6.07, 6.45) is 3.13. The minimum atomic E-state index is -0.458. The second-order valence-corrected chi connectivity index (χ2v) is 5.54. The summed E-state index contributed by atoms with van der Waals surface area (Å²) in [5.41, 5.74) is 3.40. The van der Waals surface area contributed by atoms with Crippen LogP contribution in [0, 0.1) is 0 Å². The Kier molecular flexibility index (Phi) is 7.39. The van der Waals surface area contributed by atoms with Crippen molar-refractivity contribution in [2.45, 2.75) is 0 Å². The van der Waals surface area contributed by atoms with E-state index >= 15 is 0 Å². The van der Waals surface area contributed by atoms with Crippen molar-refractivity contribution in [2.24, 2.45) is 5.10 Å². The molecule has 0 fully saturated rings. The summed E-state index contributed by atoms with van der Waals surface area (Å²) >= 11 is 5.93. The highest BCUT2D eigenvalue weighted by molar-refractivity contribution is 6.33. The number of nitrogens with zero attached hydrogens (tertiary/aromatic N) is 1. The molecule has 0 aliphatic carbocycles. The third-order valence-electron chi connectivity index (χ3n) is 3.16. The molecule has 0 radical (unpaired) electrons. The number of amides is 2. The molecule has 2 aromatic rings. The maximum absolute atomic E-state index is 12.0. The van der Waals surface area contributed by atoms with Gasteiger partial charge in [-0.3, -0.25) is 9.59 Å². The van der Waals surface area contributed by atoms with Gasteiger partial charge in [0.25, 0.3) is 11.8 Å². The van der Waals surface area contributed by atoms with E-state index < -0.39 is 11.8 Å². The van der Waals surface area contributed by atoms with Gasteiger partial charge < -0.3 is 10.1 Å². The second kappa shape index (κ2) is 10.0. The van der Waals surface area contributed by atoms with Gasteiger partial charge in [-0.1, -0.05) is 48.5 Å². The molecule has 2 amide bonds. The minimum absolute atomic E-state index is 0.218. The third-order valence-corrected chi connectivity index (χ3v) is 3.49. The fourth-order valence-electron chi connectivity index (χ4n) is 1.96. The Balaban J connectivity index is 1.81. The van der Waals surface area contributed by atoms with Crippen LogP contribution in [0.4, 0.5) is 0 Å². The maximum Gasteiger partial charge on any atom is 0.259 e. The minimum Gasteiger partial charge on any atom is -0.490 e. The van der Waals surface area contributed by atoms with Crippen molar-refractivity contribution in [1.82, 2.24) is 10.7 Å². The smallest absolute Gasteiger partial charge is 0.259 e. The first kappa shape index (κ1) is 19.2. The zero-order chi connectivity index (χ0) is 18.8. The van der Waals surface area contributed by atoms with Gasteiger partial charge in [0.05, 0.1) is 23.3 Å². The van der Waals surface area contributed by atoms with Crippen molar-refractivity contribution in [3.8, 4) is 5.75 Å². The summed E-state index contributed by atoms with van der Waals surface area (Å²) in [6.45, 7) is 3.77. The lowest BCUT2D eigenvalue weighted by Crippen LogP contribution is -2.35. The van der Waals surface area contributed by atoms with Crippen LogP contribution in [0.1, 0.15) is 15.9 Å². The molecule has 0 aliphatic heterocycles. The van der Waals surface area contributed by atoms with Gasteiger partial charge in [0.2, 0.25) is 0 Å². The van der Waals surface area contributed by atoms with Crippen LogP contribution in [0.5, 0.6) is 5.75 Å². The highest BCUT2D eigenvalue weighted by atomic mass is 35.5. The molecule has 0 atom stereocenters. The highest BCUT2D eigenvalue weighted by Crippen LogP contribution is 2.14. The number of benzene rings is 2. The van der Waals surface area contributed by atoms with Gasteiger partial charge in [0, 0.05) is 0 Å². The predicted molar refractivity (Wildman–Crippen MR) is 102 cm³/mol. The fraction of sp³-hybridized carbons (Fsp3) is 0.105. The fourth-order valence-corrected chi connectivity index (χ4v) is 2.18. The van der Waals surface area contributed by atoms with Crippen LogP contribution in [0.3, 0.4) is 0 Å². The summed E-state index contributed by atoms with van der Waals surface area (Å²) in [7, 11) is 0. The van der Waals surface area contributed by atoms with Crippen LogP contribution in [-0.4, -0.2) is 31.2 Å². The van der Waals surface area contributed by atoms with E-state index in [9.17, 15) is 9.59 Å². The number of carbonyl (C=O) groups excluding carboxylic acids is 2. The summed E-state index contributed by atoms with van der Waals surface area (Å²) in [5.74, 6) is -0.213.